The molecule has 0 atom stereocenters. The summed E-state index contributed by atoms with van der Waals surface area (Å²) in [5.74, 6) is -6.35. The number of halogens is 3. The van der Waals surface area contributed by atoms with Gasteiger partial charge in [-0.1, -0.05) is 17.7 Å². The molecule has 0 saturated carbocycles. The summed E-state index contributed by atoms with van der Waals surface area (Å²) in [6, 6.07) is 2.73. The second-order valence-corrected chi connectivity index (χ2v) is 5.61. The molecule has 5 nitrogen and oxygen atoms in total. The van der Waals surface area contributed by atoms with Crippen molar-refractivity contribution in [2.75, 3.05) is 5.32 Å². The van der Waals surface area contributed by atoms with Crippen LogP contribution in [0.5, 0.6) is 0 Å². The van der Waals surface area contributed by atoms with Crippen molar-refractivity contribution in [3.05, 3.63) is 28.8 Å². The number of nitrogens with one attached hydrogen (secondary N) is 1. The van der Waals surface area contributed by atoms with Crippen molar-refractivity contribution in [2.24, 2.45) is 0 Å². The molecule has 0 aliphatic heterocycles. The van der Waals surface area contributed by atoms with Crippen LogP contribution in [0, 0.1) is 0 Å². The average Bonchev–Trinajstić information content (AvgIpc) is 2.28. The average molecular weight is 322 g/mol. The minimum Gasteiger partial charge on any atom is -0.477 e. The number of ether oxygens (including phenoxy) is 1. The fraction of sp³-hybridized carbons (Fsp3) is 0.385. The Morgan fingerprint density at radius 2 is 1.86 bits per heavy atom. The monoisotopic (exact) mass is 321 g/mol. The first-order valence-corrected chi connectivity index (χ1v) is 6.22. The first-order chi connectivity index (χ1) is 9.43. The van der Waals surface area contributed by atoms with Crippen LogP contribution in [0.4, 0.5) is 19.3 Å². The molecule has 0 radical (unpaired) electrons. The van der Waals surface area contributed by atoms with Crippen LogP contribution in [-0.2, 0) is 15.5 Å². The van der Waals surface area contributed by atoms with Crippen molar-refractivity contribution >= 4 is 29.4 Å². The van der Waals surface area contributed by atoms with Gasteiger partial charge in [-0.15, -0.1) is 0 Å². The third kappa shape index (κ3) is 4.56. The molecule has 0 spiro atoms. The number of amides is 1. The topological polar surface area (TPSA) is 75.6 Å². The summed E-state index contributed by atoms with van der Waals surface area (Å²) in [4.78, 5) is 22.0. The number of carbonyl (C=O) groups excluding carboxylic acids is 1. The molecule has 0 fully saturated rings. The van der Waals surface area contributed by atoms with Gasteiger partial charge in [0.05, 0.1) is 10.7 Å². The first-order valence-electron chi connectivity index (χ1n) is 5.85. The van der Waals surface area contributed by atoms with Crippen LogP contribution in [-0.4, -0.2) is 22.8 Å². The highest BCUT2D eigenvalue weighted by atomic mass is 35.5. The minimum atomic E-state index is -4.06. The van der Waals surface area contributed by atoms with Gasteiger partial charge in [-0.2, -0.15) is 8.78 Å². The Labute approximate surface area is 124 Å². The zero-order valence-electron chi connectivity index (χ0n) is 11.5. The summed E-state index contributed by atoms with van der Waals surface area (Å²) in [6.07, 6.45) is -0.804. The molecule has 116 valence electrons. The van der Waals surface area contributed by atoms with E-state index in [0.717, 1.165) is 18.2 Å². The van der Waals surface area contributed by atoms with Crippen LogP contribution in [0.3, 0.4) is 0 Å². The molecule has 0 aromatic heterocycles. The molecule has 0 heterocycles. The Kier molecular flexibility index (Phi) is 4.78. The molecule has 0 aliphatic carbocycles. The Morgan fingerprint density at radius 1 is 1.29 bits per heavy atom. The van der Waals surface area contributed by atoms with Crippen molar-refractivity contribution in [1.82, 2.24) is 0 Å². The second-order valence-electron chi connectivity index (χ2n) is 5.20. The molecule has 0 saturated heterocycles. The highest BCUT2D eigenvalue weighted by Crippen LogP contribution is 2.33. The molecule has 1 aromatic rings. The molecule has 0 unspecified atom stereocenters. The number of rotatable bonds is 3. The zero-order valence-corrected chi connectivity index (χ0v) is 12.3. The fourth-order valence-electron chi connectivity index (χ4n) is 1.35. The van der Waals surface area contributed by atoms with E-state index in [4.69, 9.17) is 21.4 Å². The summed E-state index contributed by atoms with van der Waals surface area (Å²) in [5, 5.41) is 10.5. The lowest BCUT2D eigenvalue weighted by molar-refractivity contribution is -0.166. The van der Waals surface area contributed by atoms with Crippen LogP contribution in [0.15, 0.2) is 18.2 Å². The van der Waals surface area contributed by atoms with Crippen LogP contribution in [0.2, 0.25) is 5.02 Å². The van der Waals surface area contributed by atoms with E-state index in [-0.39, 0.29) is 10.7 Å². The predicted octanol–water partition coefficient (Wildman–Crippen LogP) is 3.86. The summed E-state index contributed by atoms with van der Waals surface area (Å²) >= 11 is 5.76. The maximum Gasteiger partial charge on any atom is 0.412 e. The van der Waals surface area contributed by atoms with Crippen LogP contribution >= 0.6 is 11.6 Å². The lowest BCUT2D eigenvalue weighted by Gasteiger charge is -2.20. The normalized spacial score (nSPS) is 11.9. The number of hydrogen-bond acceptors (Lipinski definition) is 3. The summed E-state index contributed by atoms with van der Waals surface area (Å²) in [6.45, 7) is 4.97. The van der Waals surface area contributed by atoms with Gasteiger partial charge in [0.2, 0.25) is 0 Å². The molecule has 0 aliphatic rings. The summed E-state index contributed by atoms with van der Waals surface area (Å²) in [7, 11) is 0. The van der Waals surface area contributed by atoms with E-state index < -0.39 is 29.1 Å². The lowest BCUT2D eigenvalue weighted by Crippen LogP contribution is -2.27. The quantitative estimate of drug-likeness (QED) is 0.886. The molecular weight excluding hydrogens is 308 g/mol. The third-order valence-electron chi connectivity index (χ3n) is 2.24. The number of carboxylic acid groups (broad SMARTS) is 1. The molecule has 2 N–H and O–H groups in total. The standard InChI is InChI=1S/C13H14ClF2NO4/c1-12(2,3)21-11(20)17-9-5-4-7(6-8(9)14)13(15,16)10(18)19/h4-6H,1-3H3,(H,17,20)(H,18,19). The van der Waals surface area contributed by atoms with Gasteiger partial charge < -0.3 is 9.84 Å². The van der Waals surface area contributed by atoms with Crippen molar-refractivity contribution < 1.29 is 28.2 Å². The molecule has 1 amide bonds. The number of carboxylic acids is 1. The number of anilines is 1. The minimum absolute atomic E-state index is 0.0378. The van der Waals surface area contributed by atoms with Gasteiger partial charge in [-0.3, -0.25) is 5.32 Å². The number of aliphatic carboxylic acids is 1. The first kappa shape index (κ1) is 17.2. The molecule has 8 heteroatoms. The maximum absolute atomic E-state index is 13.3. The molecule has 1 aromatic carbocycles. The van der Waals surface area contributed by atoms with E-state index in [1.807, 2.05) is 0 Å². The molecule has 0 bridgehead atoms. The molecule has 1 rings (SSSR count). The van der Waals surface area contributed by atoms with Crippen molar-refractivity contribution in [2.45, 2.75) is 32.3 Å². The largest absolute Gasteiger partial charge is 0.477 e. The number of carbonyl (C=O) groups is 2. The lowest BCUT2D eigenvalue weighted by atomic mass is 10.1. The summed E-state index contributed by atoms with van der Waals surface area (Å²) in [5.41, 5.74) is -1.47. The van der Waals surface area contributed by atoms with Crippen LogP contribution < -0.4 is 5.32 Å². The molecular formula is C13H14ClF2NO4. The van der Waals surface area contributed by atoms with E-state index in [0.29, 0.717) is 0 Å². The van der Waals surface area contributed by atoms with Crippen molar-refractivity contribution in [1.29, 1.82) is 0 Å². The highest BCUT2D eigenvalue weighted by molar-refractivity contribution is 6.33. The van der Waals surface area contributed by atoms with Crippen molar-refractivity contribution in [3.63, 3.8) is 0 Å². The number of alkyl halides is 2. The number of hydrogen-bond donors (Lipinski definition) is 2. The smallest absolute Gasteiger partial charge is 0.412 e. The fourth-order valence-corrected chi connectivity index (χ4v) is 1.58. The van der Waals surface area contributed by atoms with E-state index in [1.54, 1.807) is 20.8 Å². The Balaban J connectivity index is 2.94. The van der Waals surface area contributed by atoms with E-state index in [2.05, 4.69) is 5.32 Å². The SMILES string of the molecule is CC(C)(C)OC(=O)Nc1ccc(C(F)(F)C(=O)O)cc1Cl. The van der Waals surface area contributed by atoms with Gasteiger partial charge in [-0.25, -0.2) is 9.59 Å². The zero-order chi connectivity index (χ0) is 16.4. The van der Waals surface area contributed by atoms with Crippen LogP contribution in [0.1, 0.15) is 26.3 Å². The molecule has 21 heavy (non-hydrogen) atoms. The number of benzene rings is 1. The maximum atomic E-state index is 13.3. The second kappa shape index (κ2) is 5.85. The Hall–Kier alpha value is -1.89. The Bertz CT molecular complexity index is 570. The van der Waals surface area contributed by atoms with Gasteiger partial charge >= 0.3 is 18.0 Å². The van der Waals surface area contributed by atoms with E-state index in [1.165, 1.54) is 0 Å². The van der Waals surface area contributed by atoms with Crippen LogP contribution in [0.25, 0.3) is 0 Å². The van der Waals surface area contributed by atoms with Gasteiger partial charge in [0.25, 0.3) is 0 Å². The van der Waals surface area contributed by atoms with Gasteiger partial charge in [0, 0.05) is 5.56 Å². The van der Waals surface area contributed by atoms with Crippen molar-refractivity contribution in [3.8, 4) is 0 Å². The highest BCUT2D eigenvalue weighted by Gasteiger charge is 2.41. The van der Waals surface area contributed by atoms with Gasteiger partial charge in [0.15, 0.2) is 0 Å². The predicted molar refractivity (Wildman–Crippen MR) is 72.8 cm³/mol. The Morgan fingerprint density at radius 3 is 2.29 bits per heavy atom. The summed E-state index contributed by atoms with van der Waals surface area (Å²) < 4.78 is 31.6. The van der Waals surface area contributed by atoms with Gasteiger partial charge in [-0.05, 0) is 32.9 Å². The van der Waals surface area contributed by atoms with Gasteiger partial charge in [0.1, 0.15) is 5.60 Å². The van der Waals surface area contributed by atoms with E-state index in [9.17, 15) is 18.4 Å². The third-order valence-corrected chi connectivity index (χ3v) is 2.55. The van der Waals surface area contributed by atoms with E-state index >= 15 is 0 Å².